The Kier molecular flexibility index (Phi) is 6.38. The quantitative estimate of drug-likeness (QED) is 0.508. The van der Waals surface area contributed by atoms with Gasteiger partial charge in [-0.3, -0.25) is 14.5 Å². The number of halogens is 1. The summed E-state index contributed by atoms with van der Waals surface area (Å²) in [7, 11) is 0. The summed E-state index contributed by atoms with van der Waals surface area (Å²) < 4.78 is 13.2. The lowest BCUT2D eigenvalue weighted by Crippen LogP contribution is -2.70. The molecule has 2 aliphatic rings. The fourth-order valence-corrected chi connectivity index (χ4v) is 5.70. The Morgan fingerprint density at radius 1 is 1.44 bits per heavy atom. The van der Waals surface area contributed by atoms with Crippen molar-refractivity contribution < 1.29 is 23.9 Å². The first-order chi connectivity index (χ1) is 12.9. The molecule has 2 aliphatic heterocycles. The van der Waals surface area contributed by atoms with Crippen LogP contribution in [0, 0.1) is 5.82 Å². The van der Waals surface area contributed by atoms with Crippen molar-refractivity contribution in [1.82, 2.24) is 10.2 Å². The number of nitrogens with one attached hydrogen (secondary N) is 1. The average molecular weight is 429 g/mol. The van der Waals surface area contributed by atoms with Gasteiger partial charge in [-0.2, -0.15) is 11.8 Å². The van der Waals surface area contributed by atoms with Crippen molar-refractivity contribution in [3.63, 3.8) is 0 Å². The number of hydrogen-bond donors (Lipinski definition) is 2. The van der Waals surface area contributed by atoms with Gasteiger partial charge < -0.3 is 10.4 Å². The van der Waals surface area contributed by atoms with Crippen LogP contribution in [0.1, 0.15) is 0 Å². The molecule has 0 aromatic heterocycles. The molecule has 2 atom stereocenters. The third kappa shape index (κ3) is 4.27. The SMILES string of the molecule is CSCC1=C(C(=O)O)N2C(=O)C(NC(=O)CSc3cccc(F)c3)[C@H]2SC1. The molecule has 0 aliphatic carbocycles. The predicted molar refractivity (Wildman–Crippen MR) is 105 cm³/mol. The number of carbonyl (C=O) groups is 3. The summed E-state index contributed by atoms with van der Waals surface area (Å²) in [6.07, 6.45) is 1.88. The largest absolute Gasteiger partial charge is 0.477 e. The molecule has 0 bridgehead atoms. The molecule has 1 aromatic rings. The van der Waals surface area contributed by atoms with Crippen molar-refractivity contribution in [3.8, 4) is 0 Å². The summed E-state index contributed by atoms with van der Waals surface area (Å²) in [6.45, 7) is 0. The molecule has 1 saturated heterocycles. The molecule has 6 nitrogen and oxygen atoms in total. The lowest BCUT2D eigenvalue weighted by molar-refractivity contribution is -0.150. The molecule has 1 aromatic carbocycles. The number of rotatable bonds is 7. The van der Waals surface area contributed by atoms with Crippen LogP contribution >= 0.6 is 35.3 Å². The predicted octanol–water partition coefficient (Wildman–Crippen LogP) is 2.02. The van der Waals surface area contributed by atoms with E-state index >= 15 is 0 Å². The maximum Gasteiger partial charge on any atom is 0.352 e. The van der Waals surface area contributed by atoms with Crippen molar-refractivity contribution in [2.45, 2.75) is 16.3 Å². The fraction of sp³-hybridized carbons (Fsp3) is 0.353. The van der Waals surface area contributed by atoms with Crippen molar-refractivity contribution in [2.75, 3.05) is 23.5 Å². The number of aliphatic carboxylic acids is 1. The molecule has 27 heavy (non-hydrogen) atoms. The van der Waals surface area contributed by atoms with Crippen LogP contribution in [-0.2, 0) is 14.4 Å². The number of carboxylic acid groups (broad SMARTS) is 1. The minimum Gasteiger partial charge on any atom is -0.477 e. The van der Waals surface area contributed by atoms with Gasteiger partial charge in [-0.25, -0.2) is 9.18 Å². The molecular formula is C17H17FN2O4S3. The van der Waals surface area contributed by atoms with Gasteiger partial charge in [0.25, 0.3) is 5.91 Å². The molecule has 2 N–H and O–H groups in total. The Morgan fingerprint density at radius 2 is 2.22 bits per heavy atom. The van der Waals surface area contributed by atoms with Gasteiger partial charge in [-0.1, -0.05) is 6.07 Å². The van der Waals surface area contributed by atoms with E-state index in [1.807, 2.05) is 6.26 Å². The highest BCUT2D eigenvalue weighted by atomic mass is 32.2. The fourth-order valence-electron chi connectivity index (χ4n) is 2.89. The first-order valence-electron chi connectivity index (χ1n) is 7.99. The van der Waals surface area contributed by atoms with Crippen molar-refractivity contribution in [2.24, 2.45) is 0 Å². The number of carbonyl (C=O) groups excluding carboxylic acids is 2. The Labute approximate surface area is 168 Å². The van der Waals surface area contributed by atoms with Gasteiger partial charge in [-0.05, 0) is 30.0 Å². The lowest BCUT2D eigenvalue weighted by atomic mass is 10.0. The van der Waals surface area contributed by atoms with Crippen LogP contribution in [0.3, 0.4) is 0 Å². The summed E-state index contributed by atoms with van der Waals surface area (Å²) in [5.41, 5.74) is 0.758. The zero-order chi connectivity index (χ0) is 19.6. The monoisotopic (exact) mass is 428 g/mol. The number of benzene rings is 1. The topological polar surface area (TPSA) is 86.7 Å². The number of β-lactam (4-membered cyclic amide) rings is 1. The number of amides is 2. The van der Waals surface area contributed by atoms with Crippen molar-refractivity contribution in [3.05, 3.63) is 41.4 Å². The number of fused-ring (bicyclic) bond motifs is 1. The molecule has 0 spiro atoms. The summed E-state index contributed by atoms with van der Waals surface area (Å²) in [5.74, 6) is -1.15. The Balaban J connectivity index is 1.61. The van der Waals surface area contributed by atoms with Gasteiger partial charge in [0.15, 0.2) is 0 Å². The maximum absolute atomic E-state index is 13.2. The van der Waals surface area contributed by atoms with Crippen LogP contribution in [0.2, 0.25) is 0 Å². The average Bonchev–Trinajstić information content (AvgIpc) is 2.64. The summed E-state index contributed by atoms with van der Waals surface area (Å²) in [4.78, 5) is 38.1. The van der Waals surface area contributed by atoms with Crippen LogP contribution in [0.25, 0.3) is 0 Å². The molecule has 144 valence electrons. The molecular weight excluding hydrogens is 411 g/mol. The second-order valence-corrected chi connectivity index (χ2v) is 8.91. The van der Waals surface area contributed by atoms with E-state index in [-0.39, 0.29) is 23.2 Å². The molecule has 2 heterocycles. The summed E-state index contributed by atoms with van der Waals surface area (Å²) in [5, 5.41) is 11.7. The third-order valence-corrected chi connectivity index (χ3v) is 7.02. The van der Waals surface area contributed by atoms with Crippen molar-refractivity contribution >= 4 is 53.1 Å². The molecule has 2 amide bonds. The standard InChI is InChI=1S/C17H17FN2O4S3/c1-25-6-9-7-27-16-13(15(22)20(16)14(9)17(23)24)19-12(21)8-26-11-4-2-3-10(18)5-11/h2-5,13,16H,6-8H2,1H3,(H,19,21)(H,23,24)/t13?,16-/m1/s1. The minimum atomic E-state index is -1.12. The normalized spacial score (nSPS) is 21.6. The van der Waals surface area contributed by atoms with E-state index in [1.54, 1.807) is 12.1 Å². The molecule has 1 unspecified atom stereocenters. The molecule has 1 fully saturated rings. The van der Waals surface area contributed by atoms with E-state index in [0.29, 0.717) is 16.4 Å². The zero-order valence-corrected chi connectivity index (χ0v) is 16.8. The van der Waals surface area contributed by atoms with Crippen molar-refractivity contribution in [1.29, 1.82) is 0 Å². The van der Waals surface area contributed by atoms with E-state index in [1.165, 1.54) is 52.3 Å². The summed E-state index contributed by atoms with van der Waals surface area (Å²) >= 11 is 4.13. The van der Waals surface area contributed by atoms with Crippen LogP contribution in [-0.4, -0.2) is 62.7 Å². The highest BCUT2D eigenvalue weighted by Crippen LogP contribution is 2.40. The van der Waals surface area contributed by atoms with E-state index in [0.717, 1.165) is 5.57 Å². The minimum absolute atomic E-state index is 0.0396. The number of thioether (sulfide) groups is 3. The first kappa shape index (κ1) is 20.1. The number of carboxylic acids is 1. The number of nitrogens with zero attached hydrogens (tertiary/aromatic N) is 1. The van der Waals surface area contributed by atoms with Gasteiger partial charge in [0.1, 0.15) is 22.9 Å². The van der Waals surface area contributed by atoms with Crippen LogP contribution in [0.4, 0.5) is 4.39 Å². The second kappa shape index (κ2) is 8.57. The van der Waals surface area contributed by atoms with E-state index in [4.69, 9.17) is 0 Å². The Hall–Kier alpha value is -1.65. The van der Waals surface area contributed by atoms with Gasteiger partial charge in [-0.15, -0.1) is 23.5 Å². The Morgan fingerprint density at radius 3 is 2.89 bits per heavy atom. The molecule has 10 heteroatoms. The molecule has 0 radical (unpaired) electrons. The zero-order valence-electron chi connectivity index (χ0n) is 14.3. The first-order valence-corrected chi connectivity index (χ1v) is 11.4. The maximum atomic E-state index is 13.2. The molecule has 3 rings (SSSR count). The Bertz CT molecular complexity index is 817. The van der Waals surface area contributed by atoms with Crippen LogP contribution in [0.15, 0.2) is 40.4 Å². The van der Waals surface area contributed by atoms with Gasteiger partial charge in [0, 0.05) is 16.4 Å². The smallest absolute Gasteiger partial charge is 0.352 e. The third-order valence-electron chi connectivity index (χ3n) is 4.05. The molecule has 0 saturated carbocycles. The second-order valence-electron chi connectivity index (χ2n) is 5.89. The van der Waals surface area contributed by atoms with Crippen LogP contribution < -0.4 is 5.32 Å². The van der Waals surface area contributed by atoms with E-state index in [9.17, 15) is 23.9 Å². The van der Waals surface area contributed by atoms with E-state index in [2.05, 4.69) is 5.32 Å². The van der Waals surface area contributed by atoms with Gasteiger partial charge in [0.2, 0.25) is 5.91 Å². The summed E-state index contributed by atoms with van der Waals surface area (Å²) in [6, 6.07) is 5.19. The highest BCUT2D eigenvalue weighted by molar-refractivity contribution is 8.01. The highest BCUT2D eigenvalue weighted by Gasteiger charge is 2.54. The van der Waals surface area contributed by atoms with Crippen LogP contribution in [0.5, 0.6) is 0 Å². The lowest BCUT2D eigenvalue weighted by Gasteiger charge is -2.49. The van der Waals surface area contributed by atoms with Gasteiger partial charge >= 0.3 is 5.97 Å². The number of hydrogen-bond acceptors (Lipinski definition) is 6. The van der Waals surface area contributed by atoms with Gasteiger partial charge in [0.05, 0.1) is 5.75 Å². The van der Waals surface area contributed by atoms with E-state index < -0.39 is 23.3 Å².